The third kappa shape index (κ3) is 6.14. The molecule has 0 bridgehead atoms. The average molecular weight is 291 g/mol. The second-order valence-electron chi connectivity index (χ2n) is 5.42. The van der Waals surface area contributed by atoms with Crippen LogP contribution in [-0.4, -0.2) is 38.4 Å². The summed E-state index contributed by atoms with van der Waals surface area (Å²) in [6.45, 7) is 5.42. The number of carbonyl (C=O) groups is 1. The first kappa shape index (κ1) is 15.8. The second kappa shape index (κ2) is 8.64. The van der Waals surface area contributed by atoms with E-state index in [1.165, 1.54) is 0 Å². The van der Waals surface area contributed by atoms with Gasteiger partial charge in [0, 0.05) is 18.8 Å². The van der Waals surface area contributed by atoms with Gasteiger partial charge in [-0.25, -0.2) is 4.79 Å². The highest BCUT2D eigenvalue weighted by atomic mass is 16.5. The molecule has 0 saturated carbocycles. The molecule has 2 amide bonds. The van der Waals surface area contributed by atoms with Crippen LogP contribution >= 0.6 is 0 Å². The Balaban J connectivity index is 1.54. The van der Waals surface area contributed by atoms with Crippen molar-refractivity contribution in [2.45, 2.75) is 32.3 Å². The Morgan fingerprint density at radius 3 is 2.95 bits per heavy atom. The van der Waals surface area contributed by atoms with Crippen molar-refractivity contribution in [2.24, 2.45) is 0 Å². The van der Waals surface area contributed by atoms with Crippen LogP contribution in [0.25, 0.3) is 0 Å². The van der Waals surface area contributed by atoms with Crippen LogP contribution in [0.15, 0.2) is 24.3 Å². The molecule has 21 heavy (non-hydrogen) atoms. The maximum Gasteiger partial charge on any atom is 0.319 e. The van der Waals surface area contributed by atoms with Gasteiger partial charge < -0.3 is 20.7 Å². The number of hydrogen-bond donors (Lipinski definition) is 3. The number of ether oxygens (including phenoxy) is 1. The molecule has 1 aromatic carbocycles. The normalized spacial score (nSPS) is 15.7. The van der Waals surface area contributed by atoms with Crippen molar-refractivity contribution in [2.75, 3.05) is 31.6 Å². The standard InChI is InChI=1S/C16H25N3O2/c1-13-4-2-5-14(12-13)19-16(20)18-8-3-11-21-15-6-9-17-10-7-15/h2,4-5,12,15,17H,3,6-11H2,1H3,(H2,18,19,20). The third-order valence-electron chi connectivity index (χ3n) is 3.52. The first-order chi connectivity index (χ1) is 10.2. The molecule has 0 atom stereocenters. The number of benzene rings is 1. The van der Waals surface area contributed by atoms with Gasteiger partial charge in [-0.3, -0.25) is 0 Å². The van der Waals surface area contributed by atoms with Crippen LogP contribution in [0, 0.1) is 6.92 Å². The zero-order valence-electron chi connectivity index (χ0n) is 12.7. The number of piperidine rings is 1. The van der Waals surface area contributed by atoms with E-state index in [1.54, 1.807) is 0 Å². The van der Waals surface area contributed by atoms with Gasteiger partial charge in [0.1, 0.15) is 0 Å². The van der Waals surface area contributed by atoms with E-state index in [9.17, 15) is 4.79 Å². The molecule has 0 spiro atoms. The Hall–Kier alpha value is -1.59. The molecule has 1 fully saturated rings. The molecule has 116 valence electrons. The van der Waals surface area contributed by atoms with Crippen LogP contribution < -0.4 is 16.0 Å². The molecule has 5 heteroatoms. The first-order valence-electron chi connectivity index (χ1n) is 7.68. The van der Waals surface area contributed by atoms with Gasteiger partial charge in [0.25, 0.3) is 0 Å². The summed E-state index contributed by atoms with van der Waals surface area (Å²) in [6.07, 6.45) is 3.39. The number of carbonyl (C=O) groups excluding carboxylic acids is 1. The highest BCUT2D eigenvalue weighted by Gasteiger charge is 2.12. The Morgan fingerprint density at radius 2 is 2.19 bits per heavy atom. The van der Waals surface area contributed by atoms with Crippen LogP contribution in [-0.2, 0) is 4.74 Å². The molecule has 1 aliphatic rings. The molecule has 1 heterocycles. The van der Waals surface area contributed by atoms with Crippen LogP contribution in [0.4, 0.5) is 10.5 Å². The number of hydrogen-bond acceptors (Lipinski definition) is 3. The van der Waals surface area contributed by atoms with Crippen molar-refractivity contribution in [3.05, 3.63) is 29.8 Å². The van der Waals surface area contributed by atoms with Crippen molar-refractivity contribution < 1.29 is 9.53 Å². The third-order valence-corrected chi connectivity index (χ3v) is 3.52. The summed E-state index contributed by atoms with van der Waals surface area (Å²) in [6, 6.07) is 7.59. The highest BCUT2D eigenvalue weighted by molar-refractivity contribution is 5.89. The molecule has 5 nitrogen and oxygen atoms in total. The van der Waals surface area contributed by atoms with Crippen LogP contribution in [0.1, 0.15) is 24.8 Å². The van der Waals surface area contributed by atoms with Gasteiger partial charge in [-0.05, 0) is 57.0 Å². The summed E-state index contributed by atoms with van der Waals surface area (Å²) in [5.41, 5.74) is 1.95. The number of anilines is 1. The molecule has 0 unspecified atom stereocenters. The van der Waals surface area contributed by atoms with Gasteiger partial charge >= 0.3 is 6.03 Å². The van der Waals surface area contributed by atoms with Crippen molar-refractivity contribution in [3.8, 4) is 0 Å². The lowest BCUT2D eigenvalue weighted by atomic mass is 10.1. The van der Waals surface area contributed by atoms with Crippen molar-refractivity contribution in [1.29, 1.82) is 0 Å². The predicted molar refractivity (Wildman–Crippen MR) is 84.7 cm³/mol. The van der Waals surface area contributed by atoms with E-state index in [1.807, 2.05) is 31.2 Å². The van der Waals surface area contributed by atoms with E-state index < -0.39 is 0 Å². The second-order valence-corrected chi connectivity index (χ2v) is 5.42. The Kier molecular flexibility index (Phi) is 6.50. The molecule has 1 aliphatic heterocycles. The van der Waals surface area contributed by atoms with Gasteiger partial charge in [0.15, 0.2) is 0 Å². The summed E-state index contributed by atoms with van der Waals surface area (Å²) in [7, 11) is 0. The molecule has 1 saturated heterocycles. The molecular formula is C16H25N3O2. The molecule has 1 aromatic rings. The van der Waals surface area contributed by atoms with Crippen LogP contribution in [0.3, 0.4) is 0 Å². The number of aryl methyl sites for hydroxylation is 1. The van der Waals surface area contributed by atoms with Crippen LogP contribution in [0.5, 0.6) is 0 Å². The Labute approximate surface area is 126 Å². The summed E-state index contributed by atoms with van der Waals surface area (Å²) < 4.78 is 5.79. The quantitative estimate of drug-likeness (QED) is 0.705. The maximum atomic E-state index is 11.7. The summed E-state index contributed by atoms with van der Waals surface area (Å²) in [5, 5.41) is 8.98. The monoisotopic (exact) mass is 291 g/mol. The Bertz CT molecular complexity index is 445. The molecular weight excluding hydrogens is 266 g/mol. The van der Waals surface area contributed by atoms with Gasteiger partial charge in [0.05, 0.1) is 6.10 Å². The summed E-state index contributed by atoms with van der Waals surface area (Å²) in [5.74, 6) is 0. The SMILES string of the molecule is Cc1cccc(NC(=O)NCCCOC2CCNCC2)c1. The maximum absolute atomic E-state index is 11.7. The molecule has 0 radical (unpaired) electrons. The van der Waals surface area contributed by atoms with E-state index >= 15 is 0 Å². The van der Waals surface area contributed by atoms with E-state index in [4.69, 9.17) is 4.74 Å². The van der Waals surface area contributed by atoms with E-state index in [-0.39, 0.29) is 6.03 Å². The fourth-order valence-corrected chi connectivity index (χ4v) is 2.38. The molecule has 0 aromatic heterocycles. The van der Waals surface area contributed by atoms with Crippen LogP contribution in [0.2, 0.25) is 0 Å². The minimum Gasteiger partial charge on any atom is -0.378 e. The lowest BCUT2D eigenvalue weighted by Crippen LogP contribution is -2.33. The highest BCUT2D eigenvalue weighted by Crippen LogP contribution is 2.09. The average Bonchev–Trinajstić information content (AvgIpc) is 2.48. The van der Waals surface area contributed by atoms with Gasteiger partial charge in [-0.1, -0.05) is 12.1 Å². The van der Waals surface area contributed by atoms with Gasteiger partial charge in [-0.2, -0.15) is 0 Å². The first-order valence-corrected chi connectivity index (χ1v) is 7.68. The number of urea groups is 1. The minimum absolute atomic E-state index is 0.164. The smallest absolute Gasteiger partial charge is 0.319 e. The largest absolute Gasteiger partial charge is 0.378 e. The molecule has 2 rings (SSSR count). The molecule has 0 aliphatic carbocycles. The number of nitrogens with one attached hydrogen (secondary N) is 3. The van der Waals surface area contributed by atoms with Crippen molar-refractivity contribution >= 4 is 11.7 Å². The predicted octanol–water partition coefficient (Wildman–Crippen LogP) is 2.28. The van der Waals surface area contributed by atoms with E-state index in [0.717, 1.165) is 43.6 Å². The van der Waals surface area contributed by atoms with Crippen molar-refractivity contribution in [1.82, 2.24) is 10.6 Å². The fraction of sp³-hybridized carbons (Fsp3) is 0.562. The fourth-order valence-electron chi connectivity index (χ4n) is 2.38. The van der Waals surface area contributed by atoms with Crippen molar-refractivity contribution in [3.63, 3.8) is 0 Å². The number of rotatable bonds is 6. The van der Waals surface area contributed by atoms with Gasteiger partial charge in [-0.15, -0.1) is 0 Å². The van der Waals surface area contributed by atoms with E-state index in [0.29, 0.717) is 19.3 Å². The zero-order chi connectivity index (χ0) is 14.9. The Morgan fingerprint density at radius 1 is 1.38 bits per heavy atom. The lowest BCUT2D eigenvalue weighted by Gasteiger charge is -2.22. The summed E-state index contributed by atoms with van der Waals surface area (Å²) >= 11 is 0. The minimum atomic E-state index is -0.164. The van der Waals surface area contributed by atoms with Gasteiger partial charge in [0.2, 0.25) is 0 Å². The van der Waals surface area contributed by atoms with E-state index in [2.05, 4.69) is 16.0 Å². The summed E-state index contributed by atoms with van der Waals surface area (Å²) in [4.78, 5) is 11.7. The lowest BCUT2D eigenvalue weighted by molar-refractivity contribution is 0.0321. The topological polar surface area (TPSA) is 62.4 Å². The zero-order valence-corrected chi connectivity index (χ0v) is 12.7. The molecule has 3 N–H and O–H groups in total. The number of amides is 2.